The van der Waals surface area contributed by atoms with E-state index in [1.807, 2.05) is 48.5 Å². The molecule has 0 saturated carbocycles. The third-order valence-corrected chi connectivity index (χ3v) is 4.97. The van der Waals surface area contributed by atoms with E-state index >= 15 is 0 Å². The number of hydrogen-bond donors (Lipinski definition) is 2. The van der Waals surface area contributed by atoms with Crippen LogP contribution in [0.4, 0.5) is 4.39 Å². The van der Waals surface area contributed by atoms with Crippen LogP contribution in [0.2, 0.25) is 0 Å². The predicted octanol–water partition coefficient (Wildman–Crippen LogP) is 4.44. The lowest BCUT2D eigenvalue weighted by Gasteiger charge is -2.09. The Balaban J connectivity index is 1.42. The van der Waals surface area contributed by atoms with Crippen molar-refractivity contribution in [3.05, 3.63) is 99.8 Å². The van der Waals surface area contributed by atoms with Crippen LogP contribution < -0.4 is 15.5 Å². The van der Waals surface area contributed by atoms with Gasteiger partial charge in [-0.3, -0.25) is 9.59 Å². The number of halogens is 2. The summed E-state index contributed by atoms with van der Waals surface area (Å²) < 4.78 is 20.1. The molecule has 3 rings (SSSR count). The van der Waals surface area contributed by atoms with E-state index in [2.05, 4.69) is 31.8 Å². The average Bonchev–Trinajstić information content (AvgIpc) is 2.79. The summed E-state index contributed by atoms with van der Waals surface area (Å²) in [5.74, 6) is -0.863. The van der Waals surface area contributed by atoms with E-state index in [4.69, 9.17) is 4.74 Å². The number of carbonyl (C=O) groups is 2. The van der Waals surface area contributed by atoms with Gasteiger partial charge in [-0.1, -0.05) is 42.5 Å². The molecule has 164 valence electrons. The number of rotatable bonds is 9. The Morgan fingerprint density at radius 2 is 1.78 bits per heavy atom. The molecular weight excluding hydrogens is 477 g/mol. The Labute approximate surface area is 193 Å². The largest absolute Gasteiger partial charge is 0.488 e. The molecule has 3 aromatic rings. The standard InChI is InChI=1S/C24H21BrFN3O3/c25-20-14-18(10-11-22(20)32-16-17-6-2-1-3-7-17)15-28-29-23(30)12-13-27-24(31)19-8-4-5-9-21(19)26/h1-11,14-15H,12-13,16H2,(H,27,31)(H,29,30). The maximum Gasteiger partial charge on any atom is 0.254 e. The molecule has 0 fully saturated rings. The molecule has 0 aliphatic rings. The van der Waals surface area contributed by atoms with Crippen LogP contribution in [0.5, 0.6) is 5.75 Å². The summed E-state index contributed by atoms with van der Waals surface area (Å²) in [5.41, 5.74) is 4.16. The molecule has 0 aliphatic carbocycles. The molecule has 3 aromatic carbocycles. The summed E-state index contributed by atoms with van der Waals surface area (Å²) in [4.78, 5) is 23.8. The molecule has 0 aromatic heterocycles. The van der Waals surface area contributed by atoms with Gasteiger partial charge in [0.05, 0.1) is 16.3 Å². The second-order valence-electron chi connectivity index (χ2n) is 6.74. The van der Waals surface area contributed by atoms with Crippen molar-refractivity contribution in [1.29, 1.82) is 0 Å². The van der Waals surface area contributed by atoms with E-state index in [1.165, 1.54) is 24.4 Å². The number of hydrazone groups is 1. The monoisotopic (exact) mass is 497 g/mol. The minimum absolute atomic E-state index is 0.00743. The topological polar surface area (TPSA) is 79.8 Å². The van der Waals surface area contributed by atoms with E-state index in [1.54, 1.807) is 6.07 Å². The van der Waals surface area contributed by atoms with Crippen LogP contribution in [-0.4, -0.2) is 24.6 Å². The molecule has 8 heteroatoms. The smallest absolute Gasteiger partial charge is 0.254 e. The fourth-order valence-corrected chi connectivity index (χ4v) is 3.23. The first-order chi connectivity index (χ1) is 15.5. The SMILES string of the molecule is O=C(CCNC(=O)c1ccccc1F)NN=Cc1ccc(OCc2ccccc2)c(Br)c1. The highest BCUT2D eigenvalue weighted by Crippen LogP contribution is 2.26. The first-order valence-electron chi connectivity index (χ1n) is 9.84. The quantitative estimate of drug-likeness (QED) is 0.338. The number of carbonyl (C=O) groups excluding carboxylic acids is 2. The van der Waals surface area contributed by atoms with Crippen LogP contribution in [0.3, 0.4) is 0 Å². The Morgan fingerprint density at radius 3 is 2.53 bits per heavy atom. The first-order valence-corrected chi connectivity index (χ1v) is 10.6. The van der Waals surface area contributed by atoms with Crippen molar-refractivity contribution in [2.24, 2.45) is 5.10 Å². The van der Waals surface area contributed by atoms with Gasteiger partial charge in [0, 0.05) is 13.0 Å². The number of nitrogens with zero attached hydrogens (tertiary/aromatic N) is 1. The van der Waals surface area contributed by atoms with Gasteiger partial charge in [-0.05, 0) is 57.4 Å². The molecule has 2 N–H and O–H groups in total. The van der Waals surface area contributed by atoms with Crippen LogP contribution >= 0.6 is 15.9 Å². The Hall–Kier alpha value is -3.52. The lowest BCUT2D eigenvalue weighted by molar-refractivity contribution is -0.120. The van der Waals surface area contributed by atoms with Crippen LogP contribution in [0, 0.1) is 5.82 Å². The molecule has 0 saturated heterocycles. The van der Waals surface area contributed by atoms with Gasteiger partial charge in [0.15, 0.2) is 0 Å². The second kappa shape index (κ2) is 11.8. The van der Waals surface area contributed by atoms with Crippen molar-refractivity contribution in [3.63, 3.8) is 0 Å². The number of ether oxygens (including phenoxy) is 1. The highest BCUT2D eigenvalue weighted by atomic mass is 79.9. The molecule has 32 heavy (non-hydrogen) atoms. The molecule has 0 radical (unpaired) electrons. The zero-order valence-electron chi connectivity index (χ0n) is 17.1. The summed E-state index contributed by atoms with van der Waals surface area (Å²) in [6.07, 6.45) is 1.51. The first kappa shape index (κ1) is 23.1. The van der Waals surface area contributed by atoms with Crippen molar-refractivity contribution in [1.82, 2.24) is 10.7 Å². The lowest BCUT2D eigenvalue weighted by Crippen LogP contribution is -2.29. The summed E-state index contributed by atoms with van der Waals surface area (Å²) in [6, 6.07) is 21.0. The lowest BCUT2D eigenvalue weighted by atomic mass is 10.2. The van der Waals surface area contributed by atoms with Crippen molar-refractivity contribution in [2.75, 3.05) is 6.54 Å². The average molecular weight is 498 g/mol. The second-order valence-corrected chi connectivity index (χ2v) is 7.60. The molecule has 0 bridgehead atoms. The zero-order valence-corrected chi connectivity index (χ0v) is 18.6. The number of amides is 2. The van der Waals surface area contributed by atoms with Gasteiger partial charge < -0.3 is 10.1 Å². The number of hydrogen-bond acceptors (Lipinski definition) is 4. The summed E-state index contributed by atoms with van der Waals surface area (Å²) in [6.45, 7) is 0.518. The number of nitrogens with one attached hydrogen (secondary N) is 2. The highest BCUT2D eigenvalue weighted by molar-refractivity contribution is 9.10. The zero-order chi connectivity index (χ0) is 22.8. The molecule has 2 amide bonds. The van der Waals surface area contributed by atoms with Crippen molar-refractivity contribution in [2.45, 2.75) is 13.0 Å². The highest BCUT2D eigenvalue weighted by Gasteiger charge is 2.10. The molecule has 0 spiro atoms. The number of benzene rings is 3. The van der Waals surface area contributed by atoms with E-state index in [0.29, 0.717) is 12.4 Å². The predicted molar refractivity (Wildman–Crippen MR) is 124 cm³/mol. The van der Waals surface area contributed by atoms with Gasteiger partial charge >= 0.3 is 0 Å². The molecule has 6 nitrogen and oxygen atoms in total. The third kappa shape index (κ3) is 7.02. The fourth-order valence-electron chi connectivity index (χ4n) is 2.71. The van der Waals surface area contributed by atoms with Gasteiger partial charge in [0.25, 0.3) is 5.91 Å². The van der Waals surface area contributed by atoms with Crippen LogP contribution in [0.15, 0.2) is 82.4 Å². The Kier molecular flexibility index (Phi) is 8.51. The molecule has 0 atom stereocenters. The minimum atomic E-state index is -0.610. The Morgan fingerprint density at radius 1 is 1.03 bits per heavy atom. The summed E-state index contributed by atoms with van der Waals surface area (Å²) in [5, 5.41) is 6.42. The van der Waals surface area contributed by atoms with Crippen molar-refractivity contribution < 1.29 is 18.7 Å². The third-order valence-electron chi connectivity index (χ3n) is 4.35. The molecule has 0 aliphatic heterocycles. The minimum Gasteiger partial charge on any atom is -0.488 e. The van der Waals surface area contributed by atoms with Gasteiger partial charge in [-0.25, -0.2) is 9.82 Å². The van der Waals surface area contributed by atoms with E-state index in [9.17, 15) is 14.0 Å². The van der Waals surface area contributed by atoms with Crippen LogP contribution in [0.1, 0.15) is 27.9 Å². The summed E-state index contributed by atoms with van der Waals surface area (Å²) in [7, 11) is 0. The van der Waals surface area contributed by atoms with Crippen LogP contribution in [-0.2, 0) is 11.4 Å². The van der Waals surface area contributed by atoms with E-state index in [-0.39, 0.29) is 24.4 Å². The molecule has 0 unspecified atom stereocenters. The van der Waals surface area contributed by atoms with E-state index in [0.717, 1.165) is 15.6 Å². The van der Waals surface area contributed by atoms with Crippen LogP contribution in [0.25, 0.3) is 0 Å². The van der Waals surface area contributed by atoms with Gasteiger partial charge in [-0.15, -0.1) is 0 Å². The maximum atomic E-state index is 13.6. The van der Waals surface area contributed by atoms with Gasteiger partial charge in [0.2, 0.25) is 5.91 Å². The van der Waals surface area contributed by atoms with E-state index < -0.39 is 11.7 Å². The molecular formula is C24H21BrFN3O3. The Bertz CT molecular complexity index is 1110. The van der Waals surface area contributed by atoms with Gasteiger partial charge in [0.1, 0.15) is 18.2 Å². The fraction of sp³-hybridized carbons (Fsp3) is 0.125. The normalized spacial score (nSPS) is 10.7. The van der Waals surface area contributed by atoms with Crippen molar-refractivity contribution in [3.8, 4) is 5.75 Å². The van der Waals surface area contributed by atoms with Gasteiger partial charge in [-0.2, -0.15) is 5.10 Å². The van der Waals surface area contributed by atoms with Crippen molar-refractivity contribution >= 4 is 34.0 Å². The molecule has 0 heterocycles. The maximum absolute atomic E-state index is 13.6. The summed E-state index contributed by atoms with van der Waals surface area (Å²) >= 11 is 3.47.